The first-order chi connectivity index (χ1) is 10.9. The summed E-state index contributed by atoms with van der Waals surface area (Å²) < 4.78 is 39.0. The van der Waals surface area contributed by atoms with E-state index < -0.39 is 7.25 Å². The number of quaternary nitrogens is 1. The van der Waals surface area contributed by atoms with E-state index in [1.165, 1.54) is 96.3 Å². The van der Waals surface area contributed by atoms with E-state index in [1.807, 2.05) is 0 Å². The number of hydrogen-bond donors (Lipinski definition) is 1. The molecule has 23 heavy (non-hydrogen) atoms. The van der Waals surface area contributed by atoms with Crippen LogP contribution in [0.2, 0.25) is 0 Å². The molecule has 0 saturated heterocycles. The summed E-state index contributed by atoms with van der Waals surface area (Å²) in [5, 5.41) is 0. The standard InChI is InChI=1S/C17H37N.BF4/c1-2-3-4-5-6-7-8-9-10-11-12-13-14-15-16-17-18;2-1(3,4)5/h2-18H2,1H3;/q;-1/p+1. The van der Waals surface area contributed by atoms with Crippen LogP contribution in [0.3, 0.4) is 0 Å². The van der Waals surface area contributed by atoms with Crippen molar-refractivity contribution < 1.29 is 23.0 Å². The van der Waals surface area contributed by atoms with Gasteiger partial charge in [-0.2, -0.15) is 0 Å². The van der Waals surface area contributed by atoms with Gasteiger partial charge in [0.15, 0.2) is 0 Å². The summed E-state index contributed by atoms with van der Waals surface area (Å²) in [7, 11) is -6.00. The molecule has 0 radical (unpaired) electrons. The third-order valence-corrected chi connectivity index (χ3v) is 3.85. The lowest BCUT2D eigenvalue weighted by molar-refractivity contribution is -0.368. The maximum absolute atomic E-state index is 9.75. The predicted octanol–water partition coefficient (Wildman–Crippen LogP) is 6.40. The lowest BCUT2D eigenvalue weighted by Crippen LogP contribution is -2.50. The summed E-state index contributed by atoms with van der Waals surface area (Å²) in [4.78, 5) is 0. The largest absolute Gasteiger partial charge is 0.673 e. The molecule has 0 aliphatic heterocycles. The van der Waals surface area contributed by atoms with Crippen LogP contribution in [0.1, 0.15) is 103 Å². The van der Waals surface area contributed by atoms with Crippen molar-refractivity contribution in [3.05, 3.63) is 0 Å². The van der Waals surface area contributed by atoms with E-state index in [0.717, 1.165) is 6.54 Å². The zero-order valence-electron chi connectivity index (χ0n) is 15.1. The van der Waals surface area contributed by atoms with Gasteiger partial charge in [-0.1, -0.05) is 90.4 Å². The van der Waals surface area contributed by atoms with Gasteiger partial charge in [-0.05, 0) is 12.8 Å². The minimum Gasteiger partial charge on any atom is -0.418 e. The smallest absolute Gasteiger partial charge is 0.418 e. The Kier molecular flexibility index (Phi) is 21.5. The van der Waals surface area contributed by atoms with Gasteiger partial charge in [-0.15, -0.1) is 0 Å². The fourth-order valence-corrected chi connectivity index (χ4v) is 2.55. The number of unbranched alkanes of at least 4 members (excludes halogenated alkanes) is 14. The van der Waals surface area contributed by atoms with E-state index in [9.17, 15) is 17.3 Å². The highest BCUT2D eigenvalue weighted by molar-refractivity contribution is 6.50. The second-order valence-electron chi connectivity index (χ2n) is 6.30. The number of rotatable bonds is 15. The summed E-state index contributed by atoms with van der Waals surface area (Å²) >= 11 is 0. The van der Waals surface area contributed by atoms with Gasteiger partial charge in [-0.25, -0.2) is 0 Å². The van der Waals surface area contributed by atoms with Gasteiger partial charge in [0.05, 0.1) is 6.54 Å². The fraction of sp³-hybridized carbons (Fsp3) is 1.00. The van der Waals surface area contributed by atoms with Crippen LogP contribution < -0.4 is 5.73 Å². The van der Waals surface area contributed by atoms with E-state index in [1.54, 1.807) is 0 Å². The van der Waals surface area contributed by atoms with Crippen LogP contribution >= 0.6 is 0 Å². The minimum atomic E-state index is -6.00. The quantitative estimate of drug-likeness (QED) is 0.202. The van der Waals surface area contributed by atoms with Crippen LogP contribution in [-0.4, -0.2) is 13.8 Å². The Morgan fingerprint density at radius 1 is 0.522 bits per heavy atom. The van der Waals surface area contributed by atoms with Crippen molar-refractivity contribution in [3.8, 4) is 0 Å². The van der Waals surface area contributed by atoms with E-state index >= 15 is 0 Å². The fourth-order valence-electron chi connectivity index (χ4n) is 2.55. The van der Waals surface area contributed by atoms with Gasteiger partial charge < -0.3 is 23.0 Å². The van der Waals surface area contributed by atoms with Crippen LogP contribution in [0.25, 0.3) is 0 Å². The van der Waals surface area contributed by atoms with Crippen LogP contribution in [-0.2, 0) is 0 Å². The molecular weight excluding hydrogens is 305 g/mol. The third-order valence-electron chi connectivity index (χ3n) is 3.85. The molecular formula is C17H38BF4N. The molecule has 0 aromatic carbocycles. The molecule has 0 aliphatic carbocycles. The Labute approximate surface area is 140 Å². The van der Waals surface area contributed by atoms with E-state index in [-0.39, 0.29) is 0 Å². The molecule has 0 heterocycles. The molecule has 0 rings (SSSR count). The van der Waals surface area contributed by atoms with Gasteiger partial charge in [-0.3, -0.25) is 0 Å². The molecule has 0 aliphatic rings. The van der Waals surface area contributed by atoms with Gasteiger partial charge >= 0.3 is 7.25 Å². The van der Waals surface area contributed by atoms with Crippen molar-refractivity contribution in [2.24, 2.45) is 0 Å². The average molecular weight is 343 g/mol. The maximum atomic E-state index is 9.75. The minimum absolute atomic E-state index is 1.12. The highest BCUT2D eigenvalue weighted by atomic mass is 19.5. The highest BCUT2D eigenvalue weighted by Crippen LogP contribution is 2.13. The SMILES string of the molecule is CCCCCCCCCCCCCCCCC[NH3+].F[B-](F)(F)F. The molecule has 0 fully saturated rings. The van der Waals surface area contributed by atoms with Crippen molar-refractivity contribution in [2.45, 2.75) is 103 Å². The van der Waals surface area contributed by atoms with Crippen LogP contribution in [0.5, 0.6) is 0 Å². The van der Waals surface area contributed by atoms with Crippen molar-refractivity contribution in [1.82, 2.24) is 0 Å². The Morgan fingerprint density at radius 2 is 0.739 bits per heavy atom. The molecule has 0 amide bonds. The molecule has 0 bridgehead atoms. The lowest BCUT2D eigenvalue weighted by Gasteiger charge is -2.02. The first-order valence-corrected chi connectivity index (χ1v) is 9.58. The molecule has 3 N–H and O–H groups in total. The second-order valence-corrected chi connectivity index (χ2v) is 6.30. The zero-order chi connectivity index (χ0) is 17.8. The highest BCUT2D eigenvalue weighted by Gasteiger charge is 2.20. The van der Waals surface area contributed by atoms with Crippen molar-refractivity contribution in [2.75, 3.05) is 6.54 Å². The monoisotopic (exact) mass is 343 g/mol. The Balaban J connectivity index is 0. The first kappa shape index (κ1) is 25.0. The summed E-state index contributed by atoms with van der Waals surface area (Å²) in [6, 6.07) is 0. The number of hydrogen-bond acceptors (Lipinski definition) is 0. The first-order valence-electron chi connectivity index (χ1n) is 9.58. The normalized spacial score (nSPS) is 11.2. The lowest BCUT2D eigenvalue weighted by atomic mass is 10.0. The van der Waals surface area contributed by atoms with Crippen LogP contribution in [0, 0.1) is 0 Å². The third kappa shape index (κ3) is 39.0. The molecule has 0 aromatic rings. The van der Waals surface area contributed by atoms with Crippen molar-refractivity contribution in [1.29, 1.82) is 0 Å². The van der Waals surface area contributed by atoms with E-state index in [4.69, 9.17) is 0 Å². The topological polar surface area (TPSA) is 27.6 Å². The Hall–Kier alpha value is -0.255. The Morgan fingerprint density at radius 3 is 0.957 bits per heavy atom. The van der Waals surface area contributed by atoms with E-state index in [2.05, 4.69) is 12.7 Å². The molecule has 0 unspecified atom stereocenters. The molecule has 0 aromatic heterocycles. The van der Waals surface area contributed by atoms with Gasteiger partial charge in [0, 0.05) is 0 Å². The second kappa shape index (κ2) is 19.8. The van der Waals surface area contributed by atoms with Gasteiger partial charge in [0.1, 0.15) is 0 Å². The summed E-state index contributed by atoms with van der Waals surface area (Å²) in [5.41, 5.74) is 3.88. The summed E-state index contributed by atoms with van der Waals surface area (Å²) in [6.45, 7) is 3.41. The van der Waals surface area contributed by atoms with Gasteiger partial charge in [0.2, 0.25) is 0 Å². The molecule has 142 valence electrons. The maximum Gasteiger partial charge on any atom is 0.673 e. The van der Waals surface area contributed by atoms with Crippen LogP contribution in [0.4, 0.5) is 17.3 Å². The molecule has 0 saturated carbocycles. The molecule has 6 heteroatoms. The summed E-state index contributed by atoms with van der Waals surface area (Å²) in [5.74, 6) is 0. The predicted molar refractivity (Wildman–Crippen MR) is 92.9 cm³/mol. The molecule has 0 atom stereocenters. The molecule has 1 nitrogen and oxygen atoms in total. The average Bonchev–Trinajstić information content (AvgIpc) is 2.46. The zero-order valence-corrected chi connectivity index (χ0v) is 15.1. The van der Waals surface area contributed by atoms with Crippen molar-refractivity contribution >= 4 is 7.25 Å². The number of halogens is 4. The molecule has 0 spiro atoms. The Bertz CT molecular complexity index is 191. The van der Waals surface area contributed by atoms with Crippen LogP contribution in [0.15, 0.2) is 0 Å². The van der Waals surface area contributed by atoms with Crippen molar-refractivity contribution in [3.63, 3.8) is 0 Å². The van der Waals surface area contributed by atoms with E-state index in [0.29, 0.717) is 0 Å². The van der Waals surface area contributed by atoms with Gasteiger partial charge in [0.25, 0.3) is 0 Å². The summed E-state index contributed by atoms with van der Waals surface area (Å²) in [6.07, 6.45) is 21.7.